The molecule has 0 radical (unpaired) electrons. The minimum absolute atomic E-state index is 0.0360. The van der Waals surface area contributed by atoms with Gasteiger partial charge in [0.1, 0.15) is 0 Å². The zero-order valence-corrected chi connectivity index (χ0v) is 13.9. The molecule has 2 heterocycles. The van der Waals surface area contributed by atoms with Crippen LogP contribution >= 0.6 is 0 Å². The number of benzene rings is 1. The molecule has 0 spiro atoms. The molecule has 1 aliphatic heterocycles. The summed E-state index contributed by atoms with van der Waals surface area (Å²) in [7, 11) is 0. The molecule has 2 aromatic rings. The molecule has 128 valence electrons. The van der Waals surface area contributed by atoms with Gasteiger partial charge in [-0.25, -0.2) is 4.79 Å². The Bertz CT molecular complexity index is 821. The van der Waals surface area contributed by atoms with Crippen molar-refractivity contribution in [3.63, 3.8) is 0 Å². The van der Waals surface area contributed by atoms with Crippen LogP contribution in [0.2, 0.25) is 0 Å². The maximum atomic E-state index is 12.7. The van der Waals surface area contributed by atoms with Crippen molar-refractivity contribution >= 4 is 22.9 Å². The standard InChI is InChI=1S/C17H21N3O4/c1-11(2)15(21)19-6-3-7-20(9-8-19)16(22)12-4-5-13-14(10-12)24-17(23)18-13/h4-5,10-11H,3,6-9H2,1-2H3,(H,18,23). The summed E-state index contributed by atoms with van der Waals surface area (Å²) in [6.45, 7) is 6.10. The van der Waals surface area contributed by atoms with E-state index in [1.54, 1.807) is 23.1 Å². The Labute approximate surface area is 139 Å². The molecule has 3 rings (SSSR count). The number of oxazole rings is 1. The number of nitrogens with one attached hydrogen (secondary N) is 1. The zero-order valence-electron chi connectivity index (χ0n) is 13.9. The van der Waals surface area contributed by atoms with E-state index in [1.807, 2.05) is 18.7 Å². The van der Waals surface area contributed by atoms with Gasteiger partial charge < -0.3 is 14.2 Å². The summed E-state index contributed by atoms with van der Waals surface area (Å²) in [5, 5.41) is 0. The lowest BCUT2D eigenvalue weighted by Crippen LogP contribution is -2.38. The highest BCUT2D eigenvalue weighted by atomic mass is 16.4. The Balaban J connectivity index is 1.74. The summed E-state index contributed by atoms with van der Waals surface area (Å²) < 4.78 is 5.01. The number of rotatable bonds is 2. The highest BCUT2D eigenvalue weighted by Gasteiger charge is 2.24. The molecule has 1 N–H and O–H groups in total. The summed E-state index contributed by atoms with van der Waals surface area (Å²) in [6, 6.07) is 4.93. The first-order valence-electron chi connectivity index (χ1n) is 8.16. The van der Waals surface area contributed by atoms with Crippen LogP contribution in [0.1, 0.15) is 30.6 Å². The van der Waals surface area contributed by atoms with Crippen molar-refractivity contribution in [1.29, 1.82) is 0 Å². The number of carbonyl (C=O) groups excluding carboxylic acids is 2. The first-order chi connectivity index (χ1) is 11.5. The number of carbonyl (C=O) groups is 2. The Morgan fingerprint density at radius 2 is 1.83 bits per heavy atom. The van der Waals surface area contributed by atoms with E-state index >= 15 is 0 Å². The van der Waals surface area contributed by atoms with Gasteiger partial charge in [-0.1, -0.05) is 13.8 Å². The van der Waals surface area contributed by atoms with Gasteiger partial charge in [0.2, 0.25) is 5.91 Å². The topological polar surface area (TPSA) is 86.6 Å². The normalized spacial score (nSPS) is 15.8. The molecule has 1 aromatic carbocycles. The predicted molar refractivity (Wildman–Crippen MR) is 88.8 cm³/mol. The highest BCUT2D eigenvalue weighted by Crippen LogP contribution is 2.16. The second-order valence-electron chi connectivity index (χ2n) is 6.35. The van der Waals surface area contributed by atoms with E-state index < -0.39 is 5.76 Å². The summed E-state index contributed by atoms with van der Waals surface area (Å²) >= 11 is 0. The Kier molecular flexibility index (Phi) is 4.42. The fourth-order valence-corrected chi connectivity index (χ4v) is 2.97. The molecule has 24 heavy (non-hydrogen) atoms. The Hall–Kier alpha value is -2.57. The zero-order chi connectivity index (χ0) is 17.3. The van der Waals surface area contributed by atoms with Gasteiger partial charge in [-0.15, -0.1) is 0 Å². The van der Waals surface area contributed by atoms with E-state index in [0.717, 1.165) is 6.42 Å². The van der Waals surface area contributed by atoms with Gasteiger partial charge in [0, 0.05) is 37.7 Å². The van der Waals surface area contributed by atoms with Crippen LogP contribution in [0.5, 0.6) is 0 Å². The summed E-state index contributed by atoms with van der Waals surface area (Å²) in [5.74, 6) is -0.558. The van der Waals surface area contributed by atoms with Crippen LogP contribution in [-0.2, 0) is 4.79 Å². The number of fused-ring (bicyclic) bond motifs is 1. The molecule has 1 saturated heterocycles. The molecule has 0 bridgehead atoms. The largest absolute Gasteiger partial charge is 0.417 e. The van der Waals surface area contributed by atoms with Crippen LogP contribution in [-0.4, -0.2) is 52.8 Å². The average molecular weight is 331 g/mol. The minimum Gasteiger partial charge on any atom is -0.408 e. The maximum absolute atomic E-state index is 12.7. The van der Waals surface area contributed by atoms with Gasteiger partial charge in [-0.3, -0.25) is 14.6 Å². The van der Waals surface area contributed by atoms with Gasteiger partial charge in [0.15, 0.2) is 5.58 Å². The number of H-pyrrole nitrogens is 1. The van der Waals surface area contributed by atoms with Crippen molar-refractivity contribution < 1.29 is 14.0 Å². The minimum atomic E-state index is -0.535. The van der Waals surface area contributed by atoms with Crippen molar-refractivity contribution in [2.24, 2.45) is 5.92 Å². The molecule has 0 unspecified atom stereocenters. The number of aromatic nitrogens is 1. The smallest absolute Gasteiger partial charge is 0.408 e. The summed E-state index contributed by atoms with van der Waals surface area (Å²) in [5.41, 5.74) is 1.42. The Morgan fingerprint density at radius 1 is 1.12 bits per heavy atom. The van der Waals surface area contributed by atoms with Gasteiger partial charge in [-0.2, -0.15) is 0 Å². The van der Waals surface area contributed by atoms with Crippen molar-refractivity contribution in [3.05, 3.63) is 34.3 Å². The summed E-state index contributed by atoms with van der Waals surface area (Å²) in [4.78, 5) is 42.2. The van der Waals surface area contributed by atoms with E-state index in [4.69, 9.17) is 4.42 Å². The average Bonchev–Trinajstić information content (AvgIpc) is 2.77. The monoisotopic (exact) mass is 331 g/mol. The van der Waals surface area contributed by atoms with Crippen LogP contribution in [0, 0.1) is 5.92 Å². The lowest BCUT2D eigenvalue weighted by atomic mass is 10.1. The third-order valence-corrected chi connectivity index (χ3v) is 4.26. The fourth-order valence-electron chi connectivity index (χ4n) is 2.97. The molecule has 1 aromatic heterocycles. The number of aromatic amines is 1. The van der Waals surface area contributed by atoms with Gasteiger partial charge in [0.05, 0.1) is 5.52 Å². The predicted octanol–water partition coefficient (Wildman–Crippen LogP) is 1.45. The Morgan fingerprint density at radius 3 is 2.58 bits per heavy atom. The number of nitrogens with zero attached hydrogens (tertiary/aromatic N) is 2. The van der Waals surface area contributed by atoms with Crippen LogP contribution in [0.4, 0.5) is 0 Å². The lowest BCUT2D eigenvalue weighted by Gasteiger charge is -2.23. The lowest BCUT2D eigenvalue weighted by molar-refractivity contribution is -0.134. The van der Waals surface area contributed by atoms with E-state index in [0.29, 0.717) is 42.8 Å². The molecular weight excluding hydrogens is 310 g/mol. The molecule has 0 aliphatic carbocycles. The second-order valence-corrected chi connectivity index (χ2v) is 6.35. The molecule has 7 nitrogen and oxygen atoms in total. The van der Waals surface area contributed by atoms with Crippen molar-refractivity contribution in [1.82, 2.24) is 14.8 Å². The first kappa shape index (κ1) is 16.3. The van der Waals surface area contributed by atoms with Crippen LogP contribution in [0.25, 0.3) is 11.1 Å². The number of hydrogen-bond donors (Lipinski definition) is 1. The fraction of sp³-hybridized carbons (Fsp3) is 0.471. The maximum Gasteiger partial charge on any atom is 0.417 e. The van der Waals surface area contributed by atoms with Crippen molar-refractivity contribution in [3.8, 4) is 0 Å². The van der Waals surface area contributed by atoms with Gasteiger partial charge in [0.25, 0.3) is 5.91 Å². The van der Waals surface area contributed by atoms with E-state index in [1.165, 1.54) is 0 Å². The van der Waals surface area contributed by atoms with Gasteiger partial charge in [-0.05, 0) is 24.6 Å². The van der Waals surface area contributed by atoms with E-state index in [2.05, 4.69) is 4.98 Å². The second kappa shape index (κ2) is 6.51. The van der Waals surface area contributed by atoms with Crippen molar-refractivity contribution in [2.45, 2.75) is 20.3 Å². The third-order valence-electron chi connectivity index (χ3n) is 4.26. The SMILES string of the molecule is CC(C)C(=O)N1CCCN(C(=O)c2ccc3[nH]c(=O)oc3c2)CC1. The van der Waals surface area contributed by atoms with Gasteiger partial charge >= 0.3 is 5.76 Å². The number of amides is 2. The highest BCUT2D eigenvalue weighted by molar-refractivity contribution is 5.97. The van der Waals surface area contributed by atoms with E-state index in [-0.39, 0.29) is 17.7 Å². The quantitative estimate of drug-likeness (QED) is 0.902. The molecule has 7 heteroatoms. The molecule has 0 atom stereocenters. The molecule has 1 fully saturated rings. The molecule has 2 amide bonds. The van der Waals surface area contributed by atoms with Crippen LogP contribution in [0.15, 0.2) is 27.4 Å². The molecular formula is C17H21N3O4. The van der Waals surface area contributed by atoms with Crippen LogP contribution in [0.3, 0.4) is 0 Å². The first-order valence-corrected chi connectivity index (χ1v) is 8.16. The summed E-state index contributed by atoms with van der Waals surface area (Å²) in [6.07, 6.45) is 0.756. The molecule has 0 saturated carbocycles. The van der Waals surface area contributed by atoms with E-state index in [9.17, 15) is 14.4 Å². The number of hydrogen-bond acceptors (Lipinski definition) is 4. The third kappa shape index (κ3) is 3.20. The molecule has 1 aliphatic rings. The van der Waals surface area contributed by atoms with Crippen LogP contribution < -0.4 is 5.76 Å². The van der Waals surface area contributed by atoms with Crippen molar-refractivity contribution in [2.75, 3.05) is 26.2 Å².